The minimum atomic E-state index is -0.738. The van der Waals surface area contributed by atoms with Gasteiger partial charge in [0.2, 0.25) is 0 Å². The second-order valence-electron chi connectivity index (χ2n) is 14.6. The van der Waals surface area contributed by atoms with Crippen LogP contribution in [0.4, 0.5) is 17.1 Å². The molecule has 0 amide bonds. The number of pyridine rings is 2. The van der Waals surface area contributed by atoms with Gasteiger partial charge >= 0.3 is 0 Å². The fourth-order valence-electron chi connectivity index (χ4n) is 8.99. The Hall–Kier alpha value is -7.76. The molecule has 4 heterocycles. The van der Waals surface area contributed by atoms with Crippen LogP contribution in [0.2, 0.25) is 0 Å². The molecule has 5 nitrogen and oxygen atoms in total. The predicted molar refractivity (Wildman–Crippen MR) is 235 cm³/mol. The Bertz CT molecular complexity index is 3020. The Morgan fingerprint density at radius 1 is 0.431 bits per heavy atom. The van der Waals surface area contributed by atoms with Crippen LogP contribution in [0.5, 0.6) is 11.5 Å². The third kappa shape index (κ3) is 5.32. The molecule has 0 saturated heterocycles. The SMILES string of the molecule is c1ccc(N2c3ccccc3C(c3cccc(Oc4cccc(-c5cc(-n6c7ccccc7c7ccccc76)ccn5)c4)c3)(c3ccccn3)c3ccccc32)cc1. The number of benzene rings is 7. The van der Waals surface area contributed by atoms with E-state index in [9.17, 15) is 0 Å². The van der Waals surface area contributed by atoms with Gasteiger partial charge < -0.3 is 14.2 Å². The van der Waals surface area contributed by atoms with Gasteiger partial charge in [-0.2, -0.15) is 0 Å². The van der Waals surface area contributed by atoms with Gasteiger partial charge in [-0.1, -0.05) is 121 Å². The monoisotopic (exact) mass is 744 g/mol. The third-order valence-electron chi connectivity index (χ3n) is 11.4. The number of ether oxygens (including phenoxy) is 1. The maximum atomic E-state index is 6.77. The Balaban J connectivity index is 1.01. The standard InChI is InChI=1S/C53H36N4O/c1-2-18-39(19-3-1)56-50-28-10-6-24-45(50)53(52-30-12-13-32-55-52,46-25-7-11-29-51(46)56)38-17-15-21-42(35-38)58-41-20-14-16-37(34-41)47-36-40(31-33-54-47)57-48-26-8-4-22-43(48)44-23-5-9-27-49(44)57/h1-36H. The molecule has 0 aliphatic carbocycles. The molecule has 0 atom stereocenters. The Labute approximate surface area is 336 Å². The minimum absolute atomic E-state index is 0.727. The summed E-state index contributed by atoms with van der Waals surface area (Å²) in [6, 6.07) is 72.2. The Kier molecular flexibility index (Phi) is 7.97. The number of para-hydroxylation sites is 5. The van der Waals surface area contributed by atoms with Crippen molar-refractivity contribution in [2.45, 2.75) is 5.41 Å². The predicted octanol–water partition coefficient (Wildman–Crippen LogP) is 13.2. The van der Waals surface area contributed by atoms with Crippen LogP contribution >= 0.6 is 0 Å². The molecule has 0 unspecified atom stereocenters. The number of aromatic nitrogens is 3. The largest absolute Gasteiger partial charge is 0.457 e. The first kappa shape index (κ1) is 33.6. The van der Waals surface area contributed by atoms with Gasteiger partial charge in [-0.25, -0.2) is 0 Å². The van der Waals surface area contributed by atoms with Crippen molar-refractivity contribution in [2.24, 2.45) is 0 Å². The summed E-state index contributed by atoms with van der Waals surface area (Å²) < 4.78 is 9.09. The average molecular weight is 745 g/mol. The minimum Gasteiger partial charge on any atom is -0.457 e. The molecule has 1 aliphatic rings. The molecule has 0 radical (unpaired) electrons. The van der Waals surface area contributed by atoms with Crippen molar-refractivity contribution in [1.82, 2.24) is 14.5 Å². The van der Waals surface area contributed by atoms with Gasteiger partial charge in [0.25, 0.3) is 0 Å². The zero-order chi connectivity index (χ0) is 38.5. The first-order valence-electron chi connectivity index (χ1n) is 19.6. The summed E-state index contributed by atoms with van der Waals surface area (Å²) in [5.74, 6) is 1.46. The van der Waals surface area contributed by atoms with Crippen molar-refractivity contribution >= 4 is 38.9 Å². The van der Waals surface area contributed by atoms with E-state index in [2.05, 4.69) is 191 Å². The van der Waals surface area contributed by atoms with Crippen LogP contribution in [0.15, 0.2) is 219 Å². The summed E-state index contributed by atoms with van der Waals surface area (Å²) in [6.07, 6.45) is 3.78. The van der Waals surface area contributed by atoms with Crippen LogP contribution in [0.25, 0.3) is 38.8 Å². The third-order valence-corrected chi connectivity index (χ3v) is 11.4. The molecule has 0 bridgehead atoms. The van der Waals surface area contributed by atoms with Gasteiger partial charge in [0, 0.05) is 40.1 Å². The molecule has 274 valence electrons. The van der Waals surface area contributed by atoms with E-state index in [0.717, 1.165) is 78.9 Å². The highest BCUT2D eigenvalue weighted by Crippen LogP contribution is 2.57. The lowest BCUT2D eigenvalue weighted by molar-refractivity contribution is 0.481. The van der Waals surface area contributed by atoms with Gasteiger partial charge in [-0.05, 0) is 102 Å². The van der Waals surface area contributed by atoms with Gasteiger partial charge in [-0.15, -0.1) is 0 Å². The lowest BCUT2D eigenvalue weighted by Crippen LogP contribution is -2.38. The van der Waals surface area contributed by atoms with Gasteiger partial charge in [0.1, 0.15) is 11.5 Å². The number of hydrogen-bond donors (Lipinski definition) is 0. The van der Waals surface area contributed by atoms with Crippen molar-refractivity contribution < 1.29 is 4.74 Å². The topological polar surface area (TPSA) is 43.2 Å². The molecule has 0 N–H and O–H groups in total. The zero-order valence-corrected chi connectivity index (χ0v) is 31.5. The number of hydrogen-bond acceptors (Lipinski definition) is 4. The summed E-state index contributed by atoms with van der Waals surface area (Å²) in [6.45, 7) is 0. The summed E-state index contributed by atoms with van der Waals surface area (Å²) in [5.41, 5.74) is 12.1. The molecule has 11 rings (SSSR count). The lowest BCUT2D eigenvalue weighted by Gasteiger charge is -2.45. The van der Waals surface area contributed by atoms with Crippen LogP contribution < -0.4 is 9.64 Å². The second-order valence-corrected chi connectivity index (χ2v) is 14.6. The van der Waals surface area contributed by atoms with Gasteiger partial charge in [0.15, 0.2) is 0 Å². The summed E-state index contributed by atoms with van der Waals surface area (Å²) in [7, 11) is 0. The molecule has 0 saturated carbocycles. The normalized spacial score (nSPS) is 12.9. The summed E-state index contributed by atoms with van der Waals surface area (Å²) in [5, 5.41) is 2.46. The van der Waals surface area contributed by atoms with Crippen LogP contribution in [0.1, 0.15) is 22.4 Å². The van der Waals surface area contributed by atoms with E-state index in [1.54, 1.807) is 0 Å². The van der Waals surface area contributed by atoms with E-state index in [-0.39, 0.29) is 0 Å². The highest BCUT2D eigenvalue weighted by Gasteiger charge is 2.47. The van der Waals surface area contributed by atoms with E-state index in [4.69, 9.17) is 14.7 Å². The van der Waals surface area contributed by atoms with Crippen LogP contribution in [-0.2, 0) is 5.41 Å². The van der Waals surface area contributed by atoms with E-state index in [0.29, 0.717) is 0 Å². The molecule has 58 heavy (non-hydrogen) atoms. The van der Waals surface area contributed by atoms with E-state index < -0.39 is 5.41 Å². The van der Waals surface area contributed by atoms with Crippen molar-refractivity contribution in [3.63, 3.8) is 0 Å². The molecule has 7 aromatic carbocycles. The molecule has 1 aliphatic heterocycles. The summed E-state index contributed by atoms with van der Waals surface area (Å²) >= 11 is 0. The molecule has 0 spiro atoms. The van der Waals surface area contributed by atoms with Crippen molar-refractivity contribution in [3.8, 4) is 28.4 Å². The molecular formula is C53H36N4O. The highest BCUT2D eigenvalue weighted by atomic mass is 16.5. The molecule has 0 fully saturated rings. The number of fused-ring (bicyclic) bond motifs is 5. The highest BCUT2D eigenvalue weighted by molar-refractivity contribution is 6.09. The molecule has 10 aromatic rings. The maximum absolute atomic E-state index is 6.77. The van der Waals surface area contributed by atoms with Gasteiger partial charge in [-0.3, -0.25) is 9.97 Å². The van der Waals surface area contributed by atoms with Gasteiger partial charge in [0.05, 0.1) is 39.2 Å². The fraction of sp³-hybridized carbons (Fsp3) is 0.0189. The zero-order valence-electron chi connectivity index (χ0n) is 31.5. The average Bonchev–Trinajstić information content (AvgIpc) is 3.63. The lowest BCUT2D eigenvalue weighted by atomic mass is 9.64. The molecule has 3 aromatic heterocycles. The number of rotatable bonds is 7. The van der Waals surface area contributed by atoms with Crippen LogP contribution in [0, 0.1) is 0 Å². The van der Waals surface area contributed by atoms with Crippen LogP contribution in [0.3, 0.4) is 0 Å². The first-order valence-corrected chi connectivity index (χ1v) is 19.6. The van der Waals surface area contributed by atoms with Crippen LogP contribution in [-0.4, -0.2) is 14.5 Å². The van der Waals surface area contributed by atoms with Crippen molar-refractivity contribution in [1.29, 1.82) is 0 Å². The van der Waals surface area contributed by atoms with E-state index >= 15 is 0 Å². The van der Waals surface area contributed by atoms with E-state index in [1.807, 2.05) is 36.7 Å². The molecular weight excluding hydrogens is 709 g/mol. The Morgan fingerprint density at radius 3 is 1.76 bits per heavy atom. The number of anilines is 3. The molecule has 5 heteroatoms. The quantitative estimate of drug-likeness (QED) is 0.163. The van der Waals surface area contributed by atoms with Crippen molar-refractivity contribution in [2.75, 3.05) is 4.90 Å². The summed E-state index contributed by atoms with van der Waals surface area (Å²) in [4.78, 5) is 12.3. The smallest absolute Gasteiger partial charge is 0.128 e. The second kappa shape index (κ2) is 13.8. The fourth-order valence-corrected chi connectivity index (χ4v) is 8.99. The van der Waals surface area contributed by atoms with Crippen molar-refractivity contribution in [3.05, 3.63) is 241 Å². The Morgan fingerprint density at radius 2 is 1.05 bits per heavy atom. The number of nitrogens with zero attached hydrogens (tertiary/aromatic N) is 4. The maximum Gasteiger partial charge on any atom is 0.128 e. The first-order chi connectivity index (χ1) is 28.8. The van der Waals surface area contributed by atoms with E-state index in [1.165, 1.54) is 10.8 Å².